The fourth-order valence-corrected chi connectivity index (χ4v) is 3.40. The van der Waals surface area contributed by atoms with Crippen molar-refractivity contribution >= 4 is 21.8 Å². The second-order valence-corrected chi connectivity index (χ2v) is 7.21. The number of sulfonamides is 1. The highest BCUT2D eigenvalue weighted by atomic mass is 32.2. The molecule has 1 aromatic rings. The SMILES string of the molecule is Cc1cccc(C)c1OC(=O)C1=CN2CCS(=O)(=O)N=C2C=C1. The van der Waals surface area contributed by atoms with Gasteiger partial charge in [-0.2, -0.15) is 0 Å². The minimum atomic E-state index is -3.40. The lowest BCUT2D eigenvalue weighted by Gasteiger charge is -2.26. The first-order valence-electron chi connectivity index (χ1n) is 7.13. The summed E-state index contributed by atoms with van der Waals surface area (Å²) in [6, 6.07) is 5.65. The van der Waals surface area contributed by atoms with E-state index in [9.17, 15) is 13.2 Å². The average Bonchev–Trinajstić information content (AvgIpc) is 2.49. The molecule has 0 aliphatic carbocycles. The van der Waals surface area contributed by atoms with E-state index in [2.05, 4.69) is 4.40 Å². The number of hydrogen-bond acceptors (Lipinski definition) is 5. The van der Waals surface area contributed by atoms with Crippen molar-refractivity contribution in [1.29, 1.82) is 0 Å². The topological polar surface area (TPSA) is 76.0 Å². The van der Waals surface area contributed by atoms with Crippen LogP contribution in [0.1, 0.15) is 11.1 Å². The molecule has 3 rings (SSSR count). The van der Waals surface area contributed by atoms with E-state index in [-0.39, 0.29) is 12.3 Å². The number of esters is 1. The largest absolute Gasteiger partial charge is 0.422 e. The zero-order valence-electron chi connectivity index (χ0n) is 12.8. The molecule has 0 unspecified atom stereocenters. The molecule has 0 spiro atoms. The predicted octanol–water partition coefficient (Wildman–Crippen LogP) is 1.71. The summed E-state index contributed by atoms with van der Waals surface area (Å²) in [6.45, 7) is 4.02. The van der Waals surface area contributed by atoms with Crippen molar-refractivity contribution in [3.8, 4) is 5.75 Å². The normalized spacial score (nSPS) is 18.8. The Hall–Kier alpha value is -2.41. The van der Waals surface area contributed by atoms with Crippen molar-refractivity contribution in [2.45, 2.75) is 13.8 Å². The fraction of sp³-hybridized carbons (Fsp3) is 0.250. The van der Waals surface area contributed by atoms with Crippen LogP contribution in [0.3, 0.4) is 0 Å². The number of fused-ring (bicyclic) bond motifs is 1. The lowest BCUT2D eigenvalue weighted by molar-refractivity contribution is -0.129. The zero-order valence-corrected chi connectivity index (χ0v) is 13.6. The van der Waals surface area contributed by atoms with Crippen LogP contribution in [0.4, 0.5) is 0 Å². The van der Waals surface area contributed by atoms with E-state index in [1.165, 1.54) is 12.2 Å². The number of para-hydroxylation sites is 1. The number of benzene rings is 1. The smallest absolute Gasteiger partial charge is 0.345 e. The Morgan fingerprint density at radius 2 is 1.91 bits per heavy atom. The Kier molecular flexibility index (Phi) is 3.81. The molecule has 1 aromatic carbocycles. The van der Waals surface area contributed by atoms with Gasteiger partial charge >= 0.3 is 5.97 Å². The van der Waals surface area contributed by atoms with Gasteiger partial charge in [0.05, 0.1) is 11.3 Å². The van der Waals surface area contributed by atoms with Crippen LogP contribution in [0.2, 0.25) is 0 Å². The van der Waals surface area contributed by atoms with E-state index in [1.54, 1.807) is 11.1 Å². The van der Waals surface area contributed by atoms with E-state index in [0.717, 1.165) is 11.1 Å². The van der Waals surface area contributed by atoms with Crippen molar-refractivity contribution in [1.82, 2.24) is 4.90 Å². The quantitative estimate of drug-likeness (QED) is 0.609. The molecule has 0 N–H and O–H groups in total. The maximum Gasteiger partial charge on any atom is 0.345 e. The van der Waals surface area contributed by atoms with E-state index < -0.39 is 16.0 Å². The van der Waals surface area contributed by atoms with Crippen LogP contribution in [0.25, 0.3) is 0 Å². The summed E-state index contributed by atoms with van der Waals surface area (Å²) in [5.41, 5.74) is 2.11. The zero-order chi connectivity index (χ0) is 16.6. The number of hydrogen-bond donors (Lipinski definition) is 0. The van der Waals surface area contributed by atoms with Crippen molar-refractivity contribution < 1.29 is 17.9 Å². The highest BCUT2D eigenvalue weighted by molar-refractivity contribution is 7.90. The van der Waals surface area contributed by atoms with E-state index in [1.807, 2.05) is 32.0 Å². The van der Waals surface area contributed by atoms with E-state index in [4.69, 9.17) is 4.74 Å². The fourth-order valence-electron chi connectivity index (χ4n) is 2.43. The number of amidine groups is 1. The first-order chi connectivity index (χ1) is 10.9. The summed E-state index contributed by atoms with van der Waals surface area (Å²) in [5.74, 6) is 0.318. The molecule has 0 fully saturated rings. The number of aryl methyl sites for hydroxylation is 2. The van der Waals surface area contributed by atoms with Crippen LogP contribution in [0.5, 0.6) is 5.75 Å². The first kappa shape index (κ1) is 15.5. The summed E-state index contributed by atoms with van der Waals surface area (Å²) in [6.07, 6.45) is 4.60. The van der Waals surface area contributed by atoms with Gasteiger partial charge in [-0.3, -0.25) is 0 Å². The molecular formula is C16H16N2O4S. The monoisotopic (exact) mass is 332 g/mol. The second-order valence-electron chi connectivity index (χ2n) is 5.46. The molecule has 0 aromatic heterocycles. The predicted molar refractivity (Wildman–Crippen MR) is 86.7 cm³/mol. The van der Waals surface area contributed by atoms with Crippen molar-refractivity contribution in [3.05, 3.63) is 53.3 Å². The summed E-state index contributed by atoms with van der Waals surface area (Å²) in [7, 11) is -3.40. The molecule has 0 amide bonds. The van der Waals surface area contributed by atoms with E-state index >= 15 is 0 Å². The van der Waals surface area contributed by atoms with E-state index in [0.29, 0.717) is 17.2 Å². The molecular weight excluding hydrogens is 316 g/mol. The highest BCUT2D eigenvalue weighted by Crippen LogP contribution is 2.24. The van der Waals surface area contributed by atoms with Gasteiger partial charge in [0.2, 0.25) is 0 Å². The van der Waals surface area contributed by atoms with Gasteiger partial charge in [-0.05, 0) is 37.1 Å². The molecule has 0 atom stereocenters. The van der Waals surface area contributed by atoms with Gasteiger partial charge in [0, 0.05) is 12.7 Å². The molecule has 0 bridgehead atoms. The molecule has 2 aliphatic heterocycles. The Labute approximate surface area is 134 Å². The Balaban J connectivity index is 1.83. The third-order valence-corrected chi connectivity index (χ3v) is 4.83. The van der Waals surface area contributed by atoms with Crippen LogP contribution >= 0.6 is 0 Å². The molecule has 0 saturated heterocycles. The van der Waals surface area contributed by atoms with Crippen molar-refractivity contribution in [3.63, 3.8) is 0 Å². The summed E-state index contributed by atoms with van der Waals surface area (Å²) in [5, 5.41) is 0. The number of carbonyl (C=O) groups excluding carboxylic acids is 1. The number of rotatable bonds is 2. The third kappa shape index (κ3) is 3.19. The van der Waals surface area contributed by atoms with Crippen molar-refractivity contribution in [2.75, 3.05) is 12.3 Å². The van der Waals surface area contributed by atoms with Gasteiger partial charge < -0.3 is 9.64 Å². The van der Waals surface area contributed by atoms with Crippen LogP contribution in [-0.4, -0.2) is 37.4 Å². The van der Waals surface area contributed by atoms with Crippen LogP contribution < -0.4 is 4.74 Å². The Morgan fingerprint density at radius 1 is 1.22 bits per heavy atom. The van der Waals surface area contributed by atoms with Crippen LogP contribution in [0.15, 0.2) is 46.5 Å². The van der Waals surface area contributed by atoms with Gasteiger partial charge in [-0.15, -0.1) is 4.40 Å². The number of ether oxygens (including phenoxy) is 1. The molecule has 7 heteroatoms. The summed E-state index contributed by atoms with van der Waals surface area (Å²) in [4.78, 5) is 14.0. The van der Waals surface area contributed by atoms with Gasteiger partial charge in [0.15, 0.2) is 0 Å². The van der Waals surface area contributed by atoms with Gasteiger partial charge in [-0.1, -0.05) is 18.2 Å². The maximum atomic E-state index is 12.3. The number of carbonyl (C=O) groups is 1. The molecule has 6 nitrogen and oxygen atoms in total. The average molecular weight is 332 g/mol. The second kappa shape index (κ2) is 5.66. The van der Waals surface area contributed by atoms with Gasteiger partial charge in [0.1, 0.15) is 11.6 Å². The van der Waals surface area contributed by atoms with Gasteiger partial charge in [0.25, 0.3) is 10.0 Å². The summed E-state index contributed by atoms with van der Waals surface area (Å²) < 4.78 is 32.1. The standard InChI is InChI=1S/C16H16N2O4S/c1-11-4-3-5-12(2)15(11)22-16(19)13-6-7-14-17-23(20,21)9-8-18(14)10-13/h3-7,10H,8-9H2,1-2H3. The van der Waals surface area contributed by atoms with Crippen LogP contribution in [-0.2, 0) is 14.8 Å². The van der Waals surface area contributed by atoms with Crippen molar-refractivity contribution in [2.24, 2.45) is 4.40 Å². The summed E-state index contributed by atoms with van der Waals surface area (Å²) >= 11 is 0. The maximum absolute atomic E-state index is 12.3. The highest BCUT2D eigenvalue weighted by Gasteiger charge is 2.25. The molecule has 2 aliphatic rings. The molecule has 0 saturated carbocycles. The molecule has 0 radical (unpaired) electrons. The molecule has 23 heavy (non-hydrogen) atoms. The molecule has 2 heterocycles. The minimum Gasteiger partial charge on any atom is -0.422 e. The minimum absolute atomic E-state index is 0.0694. The Bertz CT molecular complexity index is 846. The molecule has 120 valence electrons. The first-order valence-corrected chi connectivity index (χ1v) is 8.74. The lowest BCUT2D eigenvalue weighted by Crippen LogP contribution is -2.37. The lowest BCUT2D eigenvalue weighted by atomic mass is 10.1. The van der Waals surface area contributed by atoms with Gasteiger partial charge in [-0.25, -0.2) is 13.2 Å². The van der Waals surface area contributed by atoms with Crippen LogP contribution in [0, 0.1) is 13.8 Å². The number of nitrogens with zero attached hydrogens (tertiary/aromatic N) is 2. The Morgan fingerprint density at radius 3 is 2.61 bits per heavy atom. The third-order valence-electron chi connectivity index (χ3n) is 3.66.